The van der Waals surface area contributed by atoms with Crippen LogP contribution in [0.3, 0.4) is 0 Å². The number of nitrogens with one attached hydrogen (secondary N) is 1. The number of fused-ring (bicyclic) bond motifs is 1. The molecule has 1 aromatic rings. The smallest absolute Gasteiger partial charge is 0.231 e. The normalized spacial score (nSPS) is 12.5. The van der Waals surface area contributed by atoms with Crippen molar-refractivity contribution in [2.75, 3.05) is 13.3 Å². The van der Waals surface area contributed by atoms with Crippen LogP contribution in [-0.2, 0) is 11.2 Å². The molecule has 4 nitrogen and oxygen atoms in total. The zero-order chi connectivity index (χ0) is 12.1. The Morgan fingerprint density at radius 3 is 3.00 bits per heavy atom. The third-order valence-electron chi connectivity index (χ3n) is 2.72. The molecule has 1 aliphatic heterocycles. The second-order valence-corrected chi connectivity index (χ2v) is 3.99. The fraction of sp³-hybridized carbons (Fsp3) is 0.462. The van der Waals surface area contributed by atoms with Crippen LogP contribution in [-0.4, -0.2) is 19.2 Å². The molecule has 1 heterocycles. The van der Waals surface area contributed by atoms with Crippen molar-refractivity contribution in [3.63, 3.8) is 0 Å². The summed E-state index contributed by atoms with van der Waals surface area (Å²) in [7, 11) is 0. The molecule has 1 amide bonds. The van der Waals surface area contributed by atoms with Crippen LogP contribution in [0.15, 0.2) is 18.2 Å². The third kappa shape index (κ3) is 3.12. The van der Waals surface area contributed by atoms with Gasteiger partial charge in [-0.25, -0.2) is 0 Å². The van der Waals surface area contributed by atoms with Crippen molar-refractivity contribution in [1.82, 2.24) is 5.32 Å². The lowest BCUT2D eigenvalue weighted by Gasteiger charge is -2.04. The van der Waals surface area contributed by atoms with E-state index in [0.29, 0.717) is 13.2 Å². The molecule has 4 heteroatoms. The average molecular weight is 235 g/mol. The van der Waals surface area contributed by atoms with Crippen molar-refractivity contribution in [2.24, 2.45) is 0 Å². The van der Waals surface area contributed by atoms with Gasteiger partial charge in [0, 0.05) is 13.0 Å². The first kappa shape index (κ1) is 11.8. The van der Waals surface area contributed by atoms with E-state index >= 15 is 0 Å². The van der Waals surface area contributed by atoms with Crippen molar-refractivity contribution >= 4 is 5.91 Å². The van der Waals surface area contributed by atoms with E-state index in [-0.39, 0.29) is 5.91 Å². The fourth-order valence-electron chi connectivity index (χ4n) is 1.74. The first-order chi connectivity index (χ1) is 8.29. The maximum absolute atomic E-state index is 11.0. The van der Waals surface area contributed by atoms with Crippen LogP contribution >= 0.6 is 0 Å². The summed E-state index contributed by atoms with van der Waals surface area (Å²) >= 11 is 0. The van der Waals surface area contributed by atoms with Gasteiger partial charge in [0.25, 0.3) is 0 Å². The Labute approximate surface area is 101 Å². The Morgan fingerprint density at radius 1 is 1.35 bits per heavy atom. The van der Waals surface area contributed by atoms with Crippen LogP contribution in [0.4, 0.5) is 0 Å². The molecule has 0 unspecified atom stereocenters. The van der Waals surface area contributed by atoms with E-state index in [0.717, 1.165) is 30.9 Å². The molecule has 17 heavy (non-hydrogen) atoms. The van der Waals surface area contributed by atoms with Gasteiger partial charge in [0.2, 0.25) is 12.7 Å². The van der Waals surface area contributed by atoms with Gasteiger partial charge in [-0.05, 0) is 30.5 Å². The predicted octanol–water partition coefficient (Wildman–Crippen LogP) is 1.87. The molecule has 0 radical (unpaired) electrons. The molecular weight excluding hydrogens is 218 g/mol. The van der Waals surface area contributed by atoms with Crippen LogP contribution in [0.2, 0.25) is 0 Å². The van der Waals surface area contributed by atoms with E-state index in [1.165, 1.54) is 5.56 Å². The standard InChI is InChI=1S/C13H17NO3/c1-2-13(15)14-7-3-4-10-5-6-11-12(8-10)17-9-16-11/h5-6,8H,2-4,7,9H2,1H3,(H,14,15). The van der Waals surface area contributed by atoms with Gasteiger partial charge in [0.15, 0.2) is 11.5 Å². The van der Waals surface area contributed by atoms with Gasteiger partial charge in [-0.1, -0.05) is 13.0 Å². The molecule has 0 bridgehead atoms. The van der Waals surface area contributed by atoms with Crippen molar-refractivity contribution < 1.29 is 14.3 Å². The van der Waals surface area contributed by atoms with Gasteiger partial charge in [-0.3, -0.25) is 4.79 Å². The minimum Gasteiger partial charge on any atom is -0.454 e. The average Bonchev–Trinajstić information content (AvgIpc) is 2.81. The Balaban J connectivity index is 1.78. The number of rotatable bonds is 5. The highest BCUT2D eigenvalue weighted by atomic mass is 16.7. The molecular formula is C13H17NO3. The Morgan fingerprint density at radius 2 is 2.18 bits per heavy atom. The van der Waals surface area contributed by atoms with Gasteiger partial charge in [0.05, 0.1) is 0 Å². The highest BCUT2D eigenvalue weighted by molar-refractivity contribution is 5.75. The second-order valence-electron chi connectivity index (χ2n) is 3.99. The van der Waals surface area contributed by atoms with Crippen molar-refractivity contribution in [1.29, 1.82) is 0 Å². The summed E-state index contributed by atoms with van der Waals surface area (Å²) in [5.74, 6) is 1.74. The molecule has 0 saturated carbocycles. The monoisotopic (exact) mass is 235 g/mol. The van der Waals surface area contributed by atoms with Gasteiger partial charge >= 0.3 is 0 Å². The quantitative estimate of drug-likeness (QED) is 0.793. The Kier molecular flexibility index (Phi) is 3.85. The SMILES string of the molecule is CCC(=O)NCCCc1ccc2c(c1)OCO2. The number of hydrogen-bond acceptors (Lipinski definition) is 3. The zero-order valence-electron chi connectivity index (χ0n) is 9.99. The maximum atomic E-state index is 11.0. The Bertz CT molecular complexity index is 404. The summed E-state index contributed by atoms with van der Waals surface area (Å²) in [5, 5.41) is 2.86. The molecule has 0 atom stereocenters. The number of benzene rings is 1. The molecule has 0 spiro atoms. The van der Waals surface area contributed by atoms with Gasteiger partial charge < -0.3 is 14.8 Å². The molecule has 1 aromatic carbocycles. The maximum Gasteiger partial charge on any atom is 0.231 e. The third-order valence-corrected chi connectivity index (χ3v) is 2.72. The number of amides is 1. The lowest BCUT2D eigenvalue weighted by molar-refractivity contribution is -0.120. The number of carbonyl (C=O) groups excluding carboxylic acids is 1. The van der Waals surface area contributed by atoms with Crippen LogP contribution in [0, 0.1) is 0 Å². The first-order valence-corrected chi connectivity index (χ1v) is 5.95. The summed E-state index contributed by atoms with van der Waals surface area (Å²) in [6.45, 7) is 2.89. The molecule has 0 saturated heterocycles. The molecule has 2 rings (SSSR count). The highest BCUT2D eigenvalue weighted by Crippen LogP contribution is 2.32. The molecule has 1 N–H and O–H groups in total. The summed E-state index contributed by atoms with van der Waals surface area (Å²) in [6.07, 6.45) is 2.41. The van der Waals surface area contributed by atoms with Crippen LogP contribution in [0.25, 0.3) is 0 Å². The minimum absolute atomic E-state index is 0.107. The highest BCUT2D eigenvalue weighted by Gasteiger charge is 2.12. The first-order valence-electron chi connectivity index (χ1n) is 5.95. The van der Waals surface area contributed by atoms with E-state index in [4.69, 9.17) is 9.47 Å². The van der Waals surface area contributed by atoms with Crippen LogP contribution in [0.5, 0.6) is 11.5 Å². The zero-order valence-corrected chi connectivity index (χ0v) is 9.99. The van der Waals surface area contributed by atoms with Crippen molar-refractivity contribution in [3.8, 4) is 11.5 Å². The number of carbonyl (C=O) groups is 1. The van der Waals surface area contributed by atoms with E-state index in [1.54, 1.807) is 0 Å². The summed E-state index contributed by atoms with van der Waals surface area (Å²) < 4.78 is 10.6. The number of aryl methyl sites for hydroxylation is 1. The predicted molar refractivity (Wildman–Crippen MR) is 64.2 cm³/mol. The molecule has 1 aliphatic rings. The van der Waals surface area contributed by atoms with Crippen LogP contribution in [0.1, 0.15) is 25.3 Å². The fourth-order valence-corrected chi connectivity index (χ4v) is 1.74. The molecule has 0 fully saturated rings. The van der Waals surface area contributed by atoms with E-state index in [2.05, 4.69) is 5.32 Å². The topological polar surface area (TPSA) is 47.6 Å². The summed E-state index contributed by atoms with van der Waals surface area (Å²) in [6, 6.07) is 5.97. The summed E-state index contributed by atoms with van der Waals surface area (Å²) in [4.78, 5) is 11.0. The largest absolute Gasteiger partial charge is 0.454 e. The van der Waals surface area contributed by atoms with Crippen molar-refractivity contribution in [2.45, 2.75) is 26.2 Å². The Hall–Kier alpha value is -1.71. The van der Waals surface area contributed by atoms with Gasteiger partial charge in [-0.2, -0.15) is 0 Å². The molecule has 0 aliphatic carbocycles. The molecule has 92 valence electrons. The van der Waals surface area contributed by atoms with Crippen LogP contribution < -0.4 is 14.8 Å². The van der Waals surface area contributed by atoms with E-state index in [9.17, 15) is 4.79 Å². The van der Waals surface area contributed by atoms with E-state index < -0.39 is 0 Å². The van der Waals surface area contributed by atoms with Gasteiger partial charge in [-0.15, -0.1) is 0 Å². The lowest BCUT2D eigenvalue weighted by Crippen LogP contribution is -2.23. The van der Waals surface area contributed by atoms with Crippen molar-refractivity contribution in [3.05, 3.63) is 23.8 Å². The van der Waals surface area contributed by atoms with Gasteiger partial charge in [0.1, 0.15) is 0 Å². The minimum atomic E-state index is 0.107. The van der Waals surface area contributed by atoms with E-state index in [1.807, 2.05) is 25.1 Å². The second kappa shape index (κ2) is 5.57. The lowest BCUT2D eigenvalue weighted by atomic mass is 10.1. The molecule has 0 aromatic heterocycles. The number of ether oxygens (including phenoxy) is 2. The number of hydrogen-bond donors (Lipinski definition) is 1. The summed E-state index contributed by atoms with van der Waals surface area (Å²) in [5.41, 5.74) is 1.21.